The van der Waals surface area contributed by atoms with E-state index in [0.29, 0.717) is 33.8 Å². The van der Waals surface area contributed by atoms with Gasteiger partial charge in [0.15, 0.2) is 0 Å². The van der Waals surface area contributed by atoms with Crippen molar-refractivity contribution in [2.24, 2.45) is 0 Å². The molecule has 0 bridgehead atoms. The standard InChI is InChI=1S/C86H78N4O.Pt/c1-82(2,3)60-37-40-87-79(48-60)90-76-34-23-22-33-67(76)68-36-35-64(50-77(68)90)91-63-30-24-29-62(49-63)88-53-89-80-72(46-61(83(4,5)6)47-75(80)84(7,8)9)70-52-74-73(85(10,11)38-39-86(74,12)13)51-69(70)65-31-20-21-32-66(65)71-44-59(45-78(88)81(71)89)58-42-56(54-25-16-14-17-26-54)41-57(43-58)55-27-18-15-19-28-55;/h14-37,40-48,51-52H,38-39H2,1-13H3;/q-2;/i14D,15D,16D,17D,18D,19D,25D,26D,27D,28D,41D,42D,43D;. The van der Waals surface area contributed by atoms with Crippen LogP contribution in [-0.4, -0.2) is 14.1 Å². The third-order valence-corrected chi connectivity index (χ3v) is 18.7. The summed E-state index contributed by atoms with van der Waals surface area (Å²) in [6, 6.07) is 41.2. The van der Waals surface area contributed by atoms with Crippen molar-refractivity contribution >= 4 is 32.8 Å². The van der Waals surface area contributed by atoms with Gasteiger partial charge in [-0.3, -0.25) is 4.57 Å². The van der Waals surface area contributed by atoms with Crippen LogP contribution in [0.5, 0.6) is 11.5 Å². The van der Waals surface area contributed by atoms with E-state index >= 15 is 0 Å². The van der Waals surface area contributed by atoms with E-state index in [4.69, 9.17) is 17.9 Å². The Morgan fingerprint density at radius 2 is 1.09 bits per heavy atom. The quantitative estimate of drug-likeness (QED) is 0.118. The van der Waals surface area contributed by atoms with Gasteiger partial charge in [-0.05, 0) is 194 Å². The molecule has 0 unspecified atom stereocenters. The van der Waals surface area contributed by atoms with Gasteiger partial charge in [-0.2, -0.15) is 18.2 Å². The third-order valence-electron chi connectivity index (χ3n) is 18.7. The average Bonchev–Trinajstić information content (AvgIpc) is 1.61. The molecule has 13 aromatic rings. The van der Waals surface area contributed by atoms with Gasteiger partial charge in [0.2, 0.25) is 0 Å². The number of benzene rings is 10. The summed E-state index contributed by atoms with van der Waals surface area (Å²) >= 11 is 0. The summed E-state index contributed by atoms with van der Waals surface area (Å²) in [5.74, 6) is 1.46. The minimum Gasteiger partial charge on any atom is -0.510 e. The third kappa shape index (κ3) is 10.5. The van der Waals surface area contributed by atoms with Gasteiger partial charge in [0.1, 0.15) is 5.82 Å². The van der Waals surface area contributed by atoms with E-state index in [2.05, 4.69) is 172 Å². The Balaban J connectivity index is 0.00000928. The van der Waals surface area contributed by atoms with Gasteiger partial charge in [0, 0.05) is 44.3 Å². The fourth-order valence-electron chi connectivity index (χ4n) is 13.6. The van der Waals surface area contributed by atoms with E-state index in [1.54, 1.807) is 6.07 Å². The Bertz CT molecular complexity index is 5750. The van der Waals surface area contributed by atoms with Crippen LogP contribution in [0, 0.1) is 18.5 Å². The van der Waals surface area contributed by atoms with Crippen molar-refractivity contribution < 1.29 is 48.2 Å². The number of aromatic nitrogens is 4. The van der Waals surface area contributed by atoms with Crippen molar-refractivity contribution in [1.82, 2.24) is 14.1 Å². The zero-order valence-electron chi connectivity index (χ0n) is 67.1. The van der Waals surface area contributed by atoms with Crippen LogP contribution in [0.3, 0.4) is 0 Å². The average molecular weight is 1390 g/mol. The van der Waals surface area contributed by atoms with Crippen LogP contribution in [0.15, 0.2) is 212 Å². The molecule has 0 N–H and O–H groups in total. The molecule has 4 heterocycles. The maximum absolute atomic E-state index is 10.5. The van der Waals surface area contributed by atoms with Crippen molar-refractivity contribution in [2.45, 2.75) is 130 Å². The van der Waals surface area contributed by atoms with E-state index in [1.165, 1.54) is 11.1 Å². The molecule has 1 aliphatic heterocycles. The van der Waals surface area contributed by atoms with E-state index in [1.807, 2.05) is 77.5 Å². The second kappa shape index (κ2) is 22.2. The zero-order valence-corrected chi connectivity index (χ0v) is 56.4. The van der Waals surface area contributed by atoms with Crippen LogP contribution >= 0.6 is 0 Å². The molecule has 0 saturated heterocycles. The van der Waals surface area contributed by atoms with E-state index in [9.17, 15) is 9.60 Å². The molecule has 0 atom stereocenters. The Morgan fingerprint density at radius 3 is 1.72 bits per heavy atom. The van der Waals surface area contributed by atoms with Gasteiger partial charge in [0.25, 0.3) is 6.33 Å². The van der Waals surface area contributed by atoms with E-state index in [-0.39, 0.29) is 53.9 Å². The molecule has 15 rings (SSSR count). The number of nitrogens with zero attached hydrogens (tertiary/aromatic N) is 4. The molecule has 1 aliphatic carbocycles. The molecular formula is C86H78N4OPt-2. The number of fused-ring (bicyclic) bond motifs is 11. The Labute approximate surface area is 576 Å². The number of ether oxygens (including phenoxy) is 1. The maximum atomic E-state index is 10.5. The van der Waals surface area contributed by atoms with Gasteiger partial charge in [0.05, 0.1) is 34.5 Å². The first kappa shape index (κ1) is 47.1. The monoisotopic (exact) mass is 1390 g/mol. The zero-order chi connectivity index (χ0) is 74.4. The Morgan fingerprint density at radius 1 is 0.500 bits per heavy atom. The SMILES string of the molecule is [2H]c1c([2H])c([2H])c(-c2c([2H])c(-c3cc4c5c(c3)n(-c3[c-]c(Oc6[c-]c7c(cc6)c6ccccc6n7-c6cc(C(C)(C)C)ccn6)ccc3)[c-][n+]5-c3c(cc(C(C)(C)C)cc3C(C)(C)C)-c3cc5c(cc3-c3ccccc3-4)C(C)(C)CCC5(C)C)c([2H])c(-c3c([2H])c([2H])c([2H])c([2H])c3[2H])c2[2H])c([2H])c1[2H].[Pt]. The predicted molar refractivity (Wildman–Crippen MR) is 378 cm³/mol. The molecule has 3 aromatic heterocycles. The van der Waals surface area contributed by atoms with Crippen LogP contribution in [0.1, 0.15) is 148 Å². The van der Waals surface area contributed by atoms with Crippen LogP contribution in [0.2, 0.25) is 0 Å². The summed E-state index contributed by atoms with van der Waals surface area (Å²) < 4.78 is 135. The van der Waals surface area contributed by atoms with Crippen molar-refractivity contribution in [1.29, 1.82) is 0 Å². The summed E-state index contributed by atoms with van der Waals surface area (Å²) in [5, 5.41) is 1.98. The van der Waals surface area contributed by atoms with Crippen molar-refractivity contribution in [3.8, 4) is 95.5 Å². The molecule has 2 aliphatic rings. The maximum Gasteiger partial charge on any atom is 0.268 e. The molecule has 92 heavy (non-hydrogen) atoms. The normalized spacial score (nSPS) is 16.1. The Kier molecular flexibility index (Phi) is 11.3. The summed E-state index contributed by atoms with van der Waals surface area (Å²) in [4.78, 5) is 4.91. The molecule has 0 saturated carbocycles. The first-order valence-electron chi connectivity index (χ1n) is 37.8. The molecule has 0 spiro atoms. The molecular weight excluding hydrogens is 1300 g/mol. The fraction of sp³-hybridized carbons (Fsp3) is 0.233. The van der Waals surface area contributed by atoms with Gasteiger partial charge < -0.3 is 13.9 Å². The minimum absolute atomic E-state index is 0. The van der Waals surface area contributed by atoms with Crippen molar-refractivity contribution in [3.63, 3.8) is 0 Å². The molecule has 0 radical (unpaired) electrons. The molecule has 5 nitrogen and oxygen atoms in total. The largest absolute Gasteiger partial charge is 0.510 e. The molecule has 6 heteroatoms. The number of para-hydroxylation sites is 1. The van der Waals surface area contributed by atoms with Crippen LogP contribution < -0.4 is 9.30 Å². The van der Waals surface area contributed by atoms with Crippen molar-refractivity contribution in [2.75, 3.05) is 0 Å². The van der Waals surface area contributed by atoms with E-state index < -0.39 is 106 Å². The van der Waals surface area contributed by atoms with Crippen LogP contribution in [-0.2, 0) is 48.1 Å². The summed E-state index contributed by atoms with van der Waals surface area (Å²) in [6.45, 7) is 29.2. The van der Waals surface area contributed by atoms with Gasteiger partial charge in [-0.25, -0.2) is 4.98 Å². The molecule has 0 amide bonds. The number of hydrogen-bond acceptors (Lipinski definition) is 2. The number of pyridine rings is 1. The second-order valence-corrected chi connectivity index (χ2v) is 28.9. The predicted octanol–water partition coefficient (Wildman–Crippen LogP) is 22.1. The summed E-state index contributed by atoms with van der Waals surface area (Å²) in [7, 11) is 0. The van der Waals surface area contributed by atoms with Crippen molar-refractivity contribution in [3.05, 3.63) is 258 Å². The topological polar surface area (TPSA) is 35.9 Å². The van der Waals surface area contributed by atoms with Gasteiger partial charge >= 0.3 is 0 Å². The second-order valence-electron chi connectivity index (χ2n) is 28.9. The van der Waals surface area contributed by atoms with Crippen LogP contribution in [0.4, 0.5) is 0 Å². The fourth-order valence-corrected chi connectivity index (χ4v) is 13.6. The molecule has 460 valence electrons. The summed E-state index contributed by atoms with van der Waals surface area (Å²) in [5.41, 5.74) is 11.6. The van der Waals surface area contributed by atoms with Gasteiger partial charge in [-0.15, -0.1) is 29.7 Å². The minimum atomic E-state index is -0.745. The van der Waals surface area contributed by atoms with Gasteiger partial charge in [-0.1, -0.05) is 223 Å². The Hall–Kier alpha value is -8.89. The van der Waals surface area contributed by atoms with Crippen LogP contribution in [0.25, 0.3) is 117 Å². The molecule has 0 fully saturated rings. The number of hydrogen-bond donors (Lipinski definition) is 0. The summed E-state index contributed by atoms with van der Waals surface area (Å²) in [6.07, 6.45) is 7.71. The number of imidazole rings is 1. The molecule has 10 aromatic carbocycles. The smallest absolute Gasteiger partial charge is 0.268 e. The van der Waals surface area contributed by atoms with E-state index in [0.717, 1.165) is 90.7 Å². The number of rotatable bonds is 7. The first-order chi connectivity index (χ1) is 48.9. The first-order valence-corrected chi connectivity index (χ1v) is 31.3.